The number of aryl methyl sites for hydroxylation is 1. The Morgan fingerprint density at radius 2 is 1.88 bits per heavy atom. The zero-order valence-corrected chi connectivity index (χ0v) is 20.3. The van der Waals surface area contributed by atoms with Gasteiger partial charge in [-0.2, -0.15) is 5.26 Å². The second kappa shape index (κ2) is 7.22. The third-order valence-corrected chi connectivity index (χ3v) is 7.54. The van der Waals surface area contributed by atoms with E-state index in [1.165, 1.54) is 0 Å². The average molecular weight is 473 g/mol. The first-order valence-electron chi connectivity index (χ1n) is 11.2. The summed E-state index contributed by atoms with van der Waals surface area (Å²) in [6, 6.07) is 13.3. The lowest BCUT2D eigenvalue weighted by atomic mass is 9.60. The maximum Gasteiger partial charge on any atom is 0.245 e. The summed E-state index contributed by atoms with van der Waals surface area (Å²) in [4.78, 5) is 29.4. The van der Waals surface area contributed by atoms with Gasteiger partial charge in [0.15, 0.2) is 5.78 Å². The lowest BCUT2D eigenvalue weighted by Gasteiger charge is -2.47. The zero-order valence-electron chi connectivity index (χ0n) is 19.5. The van der Waals surface area contributed by atoms with Crippen LogP contribution in [0.2, 0.25) is 5.02 Å². The molecule has 2 aliphatic heterocycles. The number of allylic oxidation sites excluding steroid dienone is 1. The molecule has 2 aromatic carbocycles. The first kappa shape index (κ1) is 22.2. The van der Waals surface area contributed by atoms with Crippen LogP contribution in [-0.4, -0.2) is 11.7 Å². The maximum atomic E-state index is 13.9. The van der Waals surface area contributed by atoms with E-state index in [2.05, 4.69) is 11.4 Å². The number of fused-ring (bicyclic) bond motifs is 3. The van der Waals surface area contributed by atoms with E-state index in [1.807, 2.05) is 58.0 Å². The fraction of sp³-hybridized carbons (Fsp3) is 0.296. The molecule has 0 bridgehead atoms. The van der Waals surface area contributed by atoms with Gasteiger partial charge in [0.1, 0.15) is 17.3 Å². The van der Waals surface area contributed by atoms with Crippen LogP contribution in [0.5, 0.6) is 0 Å². The van der Waals surface area contributed by atoms with Crippen LogP contribution >= 0.6 is 11.6 Å². The second-order valence-corrected chi connectivity index (χ2v) is 10.5. The minimum atomic E-state index is -1.58. The molecular formula is C27H25ClN4O2. The SMILES string of the molecule is Cc1ccc2c(c1)C1(C(=O)N2)C(C#N)=C(N)N(c2cccc(Cl)c2C)C2=C1C(=O)CC(C)(C)C2. The van der Waals surface area contributed by atoms with Crippen molar-refractivity contribution in [2.75, 3.05) is 10.2 Å². The number of anilines is 2. The maximum absolute atomic E-state index is 13.9. The number of hydrogen-bond donors (Lipinski definition) is 2. The largest absolute Gasteiger partial charge is 0.384 e. The molecule has 1 aliphatic carbocycles. The fourth-order valence-electron chi connectivity index (χ4n) is 5.65. The summed E-state index contributed by atoms with van der Waals surface area (Å²) in [6.45, 7) is 7.84. The Kier molecular flexibility index (Phi) is 4.72. The van der Waals surface area contributed by atoms with Gasteiger partial charge in [0.05, 0.1) is 11.3 Å². The van der Waals surface area contributed by atoms with E-state index in [4.69, 9.17) is 17.3 Å². The lowest BCUT2D eigenvalue weighted by Crippen LogP contribution is -2.52. The highest BCUT2D eigenvalue weighted by atomic mass is 35.5. The van der Waals surface area contributed by atoms with E-state index in [9.17, 15) is 14.9 Å². The van der Waals surface area contributed by atoms with Gasteiger partial charge >= 0.3 is 0 Å². The molecule has 1 spiro atoms. The highest BCUT2D eigenvalue weighted by Crippen LogP contribution is 2.57. The third kappa shape index (κ3) is 2.80. The molecule has 1 unspecified atom stereocenters. The van der Waals surface area contributed by atoms with Gasteiger partial charge in [-0.1, -0.05) is 49.2 Å². The van der Waals surface area contributed by atoms with E-state index in [0.29, 0.717) is 39.7 Å². The number of hydrogen-bond acceptors (Lipinski definition) is 5. The van der Waals surface area contributed by atoms with Crippen molar-refractivity contribution in [2.45, 2.75) is 46.0 Å². The molecule has 34 heavy (non-hydrogen) atoms. The van der Waals surface area contributed by atoms with E-state index in [-0.39, 0.29) is 29.0 Å². The molecule has 172 valence electrons. The van der Waals surface area contributed by atoms with E-state index in [0.717, 1.165) is 11.1 Å². The van der Waals surface area contributed by atoms with Gasteiger partial charge in [-0.15, -0.1) is 0 Å². The number of nitrogens with one attached hydrogen (secondary N) is 1. The second-order valence-electron chi connectivity index (χ2n) is 10.1. The van der Waals surface area contributed by atoms with Gasteiger partial charge in [0.2, 0.25) is 5.91 Å². The number of nitrogens with zero attached hydrogens (tertiary/aromatic N) is 2. The van der Waals surface area contributed by atoms with Gasteiger partial charge in [-0.3, -0.25) is 14.5 Å². The highest BCUT2D eigenvalue weighted by Gasteiger charge is 2.61. The van der Waals surface area contributed by atoms with Crippen molar-refractivity contribution in [3.05, 3.63) is 80.8 Å². The smallest absolute Gasteiger partial charge is 0.245 e. The number of amides is 1. The number of carbonyl (C=O) groups is 2. The number of benzene rings is 2. The van der Waals surface area contributed by atoms with Crippen molar-refractivity contribution in [2.24, 2.45) is 11.1 Å². The molecule has 3 aliphatic rings. The highest BCUT2D eigenvalue weighted by molar-refractivity contribution is 6.31. The summed E-state index contributed by atoms with van der Waals surface area (Å²) >= 11 is 6.44. The lowest BCUT2D eigenvalue weighted by molar-refractivity contribution is -0.123. The molecule has 6 nitrogen and oxygen atoms in total. The van der Waals surface area contributed by atoms with Gasteiger partial charge in [0.25, 0.3) is 0 Å². The summed E-state index contributed by atoms with van der Waals surface area (Å²) in [7, 11) is 0. The Morgan fingerprint density at radius 1 is 1.15 bits per heavy atom. The van der Waals surface area contributed by atoms with Gasteiger partial charge < -0.3 is 11.1 Å². The number of nitriles is 1. The van der Waals surface area contributed by atoms with Gasteiger partial charge in [-0.25, -0.2) is 0 Å². The van der Waals surface area contributed by atoms with E-state index in [1.54, 1.807) is 11.0 Å². The van der Waals surface area contributed by atoms with Crippen molar-refractivity contribution in [1.82, 2.24) is 0 Å². The number of ketones is 1. The van der Waals surface area contributed by atoms with Crippen LogP contribution in [0.3, 0.4) is 0 Å². The number of Topliss-reactive ketones (excluding diaryl/α,β-unsaturated/α-hetero) is 1. The predicted octanol–water partition coefficient (Wildman–Crippen LogP) is 5.00. The Hall–Kier alpha value is -3.56. The Bertz CT molecular complexity index is 1410. The molecule has 2 aromatic rings. The van der Waals surface area contributed by atoms with Gasteiger partial charge in [-0.05, 0) is 49.4 Å². The van der Waals surface area contributed by atoms with Gasteiger partial charge in [0, 0.05) is 34.0 Å². The Morgan fingerprint density at radius 3 is 2.59 bits per heavy atom. The number of nitrogens with two attached hydrogens (primary N) is 1. The minimum Gasteiger partial charge on any atom is -0.384 e. The summed E-state index contributed by atoms with van der Waals surface area (Å²) < 4.78 is 0. The molecule has 1 amide bonds. The normalized spacial score (nSPS) is 23.1. The molecule has 0 aromatic heterocycles. The first-order valence-corrected chi connectivity index (χ1v) is 11.6. The zero-order chi connectivity index (χ0) is 24.6. The van der Waals surface area contributed by atoms with Crippen LogP contribution in [0.1, 0.15) is 43.4 Å². The Balaban J connectivity index is 1.93. The molecule has 0 saturated carbocycles. The van der Waals surface area contributed by atoms with Crippen molar-refractivity contribution in [3.63, 3.8) is 0 Å². The quantitative estimate of drug-likeness (QED) is 0.608. The molecule has 0 radical (unpaired) electrons. The van der Waals surface area contributed by atoms with Crippen LogP contribution in [0.4, 0.5) is 11.4 Å². The topological polar surface area (TPSA) is 99.2 Å². The first-order chi connectivity index (χ1) is 16.0. The molecule has 0 saturated heterocycles. The number of rotatable bonds is 1. The van der Waals surface area contributed by atoms with Crippen LogP contribution in [0.15, 0.2) is 59.1 Å². The predicted molar refractivity (Wildman–Crippen MR) is 132 cm³/mol. The summed E-state index contributed by atoms with van der Waals surface area (Å²) in [6.07, 6.45) is 0.776. The van der Waals surface area contributed by atoms with Crippen molar-refractivity contribution >= 4 is 34.7 Å². The van der Waals surface area contributed by atoms with Crippen LogP contribution in [0.25, 0.3) is 0 Å². The summed E-state index contributed by atoms with van der Waals surface area (Å²) in [5, 5.41) is 13.9. The molecule has 7 heteroatoms. The average Bonchev–Trinajstić information content (AvgIpc) is 3.02. The molecule has 3 N–H and O–H groups in total. The molecular weight excluding hydrogens is 448 g/mol. The number of carbonyl (C=O) groups excluding carboxylic acids is 2. The van der Waals surface area contributed by atoms with E-state index >= 15 is 0 Å². The third-order valence-electron chi connectivity index (χ3n) is 7.13. The summed E-state index contributed by atoms with van der Waals surface area (Å²) in [5.74, 6) is -0.432. The van der Waals surface area contributed by atoms with E-state index < -0.39 is 11.3 Å². The summed E-state index contributed by atoms with van der Waals surface area (Å²) in [5.41, 5.74) is 9.43. The molecule has 5 rings (SSSR count). The fourth-order valence-corrected chi connectivity index (χ4v) is 5.82. The van der Waals surface area contributed by atoms with Crippen molar-refractivity contribution < 1.29 is 9.59 Å². The minimum absolute atomic E-state index is 0.0560. The van der Waals surface area contributed by atoms with Crippen LogP contribution < -0.4 is 16.0 Å². The number of halogens is 1. The standard InChI is InChI=1S/C27H25ClN4O2/c1-14-8-9-19-16(10-14)27(25(34)31-19)17(13-29)24(30)32(20-7-5-6-18(28)15(20)2)21-11-26(3,4)12-22(33)23(21)27/h5-10H,11-12,30H2,1-4H3,(H,31,34). The Labute approximate surface area is 203 Å². The van der Waals surface area contributed by atoms with Crippen LogP contribution in [-0.2, 0) is 15.0 Å². The molecule has 0 fully saturated rings. The van der Waals surface area contributed by atoms with Crippen molar-refractivity contribution in [3.8, 4) is 6.07 Å². The molecule has 2 heterocycles. The monoisotopic (exact) mass is 472 g/mol. The van der Waals surface area contributed by atoms with Crippen LogP contribution in [0, 0.1) is 30.6 Å². The van der Waals surface area contributed by atoms with Crippen molar-refractivity contribution in [1.29, 1.82) is 5.26 Å². The molecule has 1 atom stereocenters.